The van der Waals surface area contributed by atoms with Gasteiger partial charge < -0.3 is 14.6 Å². The zero-order valence-electron chi connectivity index (χ0n) is 18.6. The summed E-state index contributed by atoms with van der Waals surface area (Å²) in [5.74, 6) is 0.922. The SMILES string of the molecule is C=CCn1c(CSc2ccccc2)nnc1SCC(=O)Nc1nc(C)c(C(=O)OC(C)C)s1. The average Bonchev–Trinajstić information content (AvgIpc) is 3.34. The van der Waals surface area contributed by atoms with Crippen molar-refractivity contribution in [2.24, 2.45) is 0 Å². The highest BCUT2D eigenvalue weighted by atomic mass is 32.2. The van der Waals surface area contributed by atoms with Gasteiger partial charge in [-0.05, 0) is 32.9 Å². The van der Waals surface area contributed by atoms with Crippen LogP contribution in [0.15, 0.2) is 53.0 Å². The molecule has 0 saturated carbocycles. The molecule has 0 fully saturated rings. The first-order chi connectivity index (χ1) is 15.9. The summed E-state index contributed by atoms with van der Waals surface area (Å²) in [5, 5.41) is 12.3. The van der Waals surface area contributed by atoms with Crippen molar-refractivity contribution in [3.05, 3.63) is 59.4 Å². The molecule has 0 spiro atoms. The number of carbonyl (C=O) groups is 2. The molecule has 0 atom stereocenters. The fourth-order valence-corrected chi connectivity index (χ4v) is 5.19. The summed E-state index contributed by atoms with van der Waals surface area (Å²) in [6.45, 7) is 9.64. The molecule has 33 heavy (non-hydrogen) atoms. The zero-order valence-corrected chi connectivity index (χ0v) is 21.1. The monoisotopic (exact) mass is 503 g/mol. The lowest BCUT2D eigenvalue weighted by molar-refractivity contribution is -0.113. The van der Waals surface area contributed by atoms with E-state index in [0.717, 1.165) is 22.1 Å². The van der Waals surface area contributed by atoms with Crippen molar-refractivity contribution >= 4 is 51.9 Å². The van der Waals surface area contributed by atoms with Crippen LogP contribution < -0.4 is 5.32 Å². The Morgan fingerprint density at radius 3 is 2.70 bits per heavy atom. The molecule has 3 aromatic rings. The second-order valence-corrected chi connectivity index (χ2v) is 10.1. The van der Waals surface area contributed by atoms with Gasteiger partial charge >= 0.3 is 5.97 Å². The predicted octanol–water partition coefficient (Wildman–Crippen LogP) is 4.82. The van der Waals surface area contributed by atoms with Crippen molar-refractivity contribution < 1.29 is 14.3 Å². The summed E-state index contributed by atoms with van der Waals surface area (Å²) in [7, 11) is 0. The minimum Gasteiger partial charge on any atom is -0.459 e. The number of esters is 1. The maximum Gasteiger partial charge on any atom is 0.350 e. The van der Waals surface area contributed by atoms with Crippen LogP contribution in [0.5, 0.6) is 0 Å². The van der Waals surface area contributed by atoms with Gasteiger partial charge in [0.2, 0.25) is 5.91 Å². The van der Waals surface area contributed by atoms with Crippen molar-refractivity contribution in [3.8, 4) is 0 Å². The van der Waals surface area contributed by atoms with Crippen LogP contribution in [0.2, 0.25) is 0 Å². The first-order valence-corrected chi connectivity index (χ1v) is 13.0. The number of thiazole rings is 1. The largest absolute Gasteiger partial charge is 0.459 e. The topological polar surface area (TPSA) is 99.0 Å². The quantitative estimate of drug-likeness (QED) is 0.226. The molecule has 3 rings (SSSR count). The van der Waals surface area contributed by atoms with Gasteiger partial charge in [0.15, 0.2) is 10.3 Å². The summed E-state index contributed by atoms with van der Waals surface area (Å²) >= 11 is 4.06. The number of carbonyl (C=O) groups excluding carboxylic acids is 2. The van der Waals surface area contributed by atoms with Gasteiger partial charge in [-0.25, -0.2) is 9.78 Å². The molecular weight excluding hydrogens is 478 g/mol. The molecule has 0 radical (unpaired) electrons. The van der Waals surface area contributed by atoms with Crippen molar-refractivity contribution in [1.29, 1.82) is 0 Å². The molecule has 0 aliphatic heterocycles. The van der Waals surface area contributed by atoms with Crippen LogP contribution in [0, 0.1) is 6.92 Å². The Bertz CT molecular complexity index is 1110. The third-order valence-electron chi connectivity index (χ3n) is 4.12. The normalized spacial score (nSPS) is 10.9. The number of hydrogen-bond donors (Lipinski definition) is 1. The first-order valence-electron chi connectivity index (χ1n) is 10.2. The number of aryl methyl sites for hydroxylation is 1. The number of anilines is 1. The van der Waals surface area contributed by atoms with Gasteiger partial charge in [0.05, 0.1) is 23.3 Å². The van der Waals surface area contributed by atoms with Gasteiger partial charge in [0.25, 0.3) is 0 Å². The first kappa shape index (κ1) is 25.0. The van der Waals surface area contributed by atoms with E-state index in [1.807, 2.05) is 34.9 Å². The lowest BCUT2D eigenvalue weighted by atomic mass is 10.4. The minimum absolute atomic E-state index is 0.130. The number of rotatable bonds is 11. The number of amides is 1. The third kappa shape index (κ3) is 7.18. The van der Waals surface area contributed by atoms with Gasteiger partial charge in [-0.15, -0.1) is 28.5 Å². The predicted molar refractivity (Wildman–Crippen MR) is 133 cm³/mol. The molecule has 0 saturated heterocycles. The molecule has 2 heterocycles. The van der Waals surface area contributed by atoms with E-state index in [2.05, 4.69) is 27.1 Å². The molecule has 8 nitrogen and oxygen atoms in total. The maximum absolute atomic E-state index is 12.5. The molecule has 0 unspecified atom stereocenters. The molecule has 2 aromatic heterocycles. The van der Waals surface area contributed by atoms with Gasteiger partial charge in [0, 0.05) is 11.4 Å². The van der Waals surface area contributed by atoms with Crippen LogP contribution in [-0.2, 0) is 21.8 Å². The van der Waals surface area contributed by atoms with Crippen LogP contribution >= 0.6 is 34.9 Å². The average molecular weight is 504 g/mol. The van der Waals surface area contributed by atoms with E-state index >= 15 is 0 Å². The van der Waals surface area contributed by atoms with E-state index < -0.39 is 5.97 Å². The summed E-state index contributed by atoms with van der Waals surface area (Å²) < 4.78 is 7.17. The summed E-state index contributed by atoms with van der Waals surface area (Å²) in [4.78, 5) is 30.4. The van der Waals surface area contributed by atoms with E-state index in [0.29, 0.717) is 33.2 Å². The molecule has 0 aliphatic rings. The van der Waals surface area contributed by atoms with E-state index in [1.165, 1.54) is 11.8 Å². The Labute approximate surface area is 205 Å². The Hall–Kier alpha value is -2.63. The molecule has 1 N–H and O–H groups in total. The number of hydrogen-bond acceptors (Lipinski definition) is 9. The number of nitrogens with zero attached hydrogens (tertiary/aromatic N) is 4. The molecule has 1 aromatic carbocycles. The van der Waals surface area contributed by atoms with Crippen molar-refractivity contribution in [2.45, 2.75) is 49.2 Å². The number of nitrogens with one attached hydrogen (secondary N) is 1. The molecule has 0 bridgehead atoms. The van der Waals surface area contributed by atoms with E-state index in [9.17, 15) is 9.59 Å². The molecule has 1 amide bonds. The lowest BCUT2D eigenvalue weighted by Gasteiger charge is -2.07. The van der Waals surface area contributed by atoms with Crippen molar-refractivity contribution in [3.63, 3.8) is 0 Å². The summed E-state index contributed by atoms with van der Waals surface area (Å²) in [5.41, 5.74) is 0.528. The number of allylic oxidation sites excluding steroid dienone is 1. The van der Waals surface area contributed by atoms with Gasteiger partial charge in [-0.3, -0.25) is 4.79 Å². The number of thioether (sulfide) groups is 2. The highest BCUT2D eigenvalue weighted by Crippen LogP contribution is 2.26. The molecule has 174 valence electrons. The third-order valence-corrected chi connectivity index (χ3v) is 7.15. The second-order valence-electron chi connectivity index (χ2n) is 7.12. The van der Waals surface area contributed by atoms with E-state index in [-0.39, 0.29) is 17.8 Å². The summed E-state index contributed by atoms with van der Waals surface area (Å²) in [6, 6.07) is 10.1. The van der Waals surface area contributed by atoms with Gasteiger partial charge in [-0.1, -0.05) is 47.4 Å². The van der Waals surface area contributed by atoms with Gasteiger partial charge in [-0.2, -0.15) is 0 Å². The minimum atomic E-state index is -0.437. The fourth-order valence-electron chi connectivity index (χ4n) is 2.70. The van der Waals surface area contributed by atoms with E-state index in [4.69, 9.17) is 4.74 Å². The number of aromatic nitrogens is 4. The maximum atomic E-state index is 12.5. The molecule has 0 aliphatic carbocycles. The van der Waals surface area contributed by atoms with Crippen LogP contribution in [0.4, 0.5) is 5.13 Å². The number of ether oxygens (including phenoxy) is 1. The van der Waals surface area contributed by atoms with Crippen LogP contribution in [0.25, 0.3) is 0 Å². The summed E-state index contributed by atoms with van der Waals surface area (Å²) in [6.07, 6.45) is 1.55. The van der Waals surface area contributed by atoms with Crippen LogP contribution in [-0.4, -0.2) is 43.5 Å². The Balaban J connectivity index is 1.59. The van der Waals surface area contributed by atoms with Crippen molar-refractivity contribution in [1.82, 2.24) is 19.7 Å². The van der Waals surface area contributed by atoms with Crippen molar-refractivity contribution in [2.75, 3.05) is 11.1 Å². The fraction of sp³-hybridized carbons (Fsp3) is 0.318. The van der Waals surface area contributed by atoms with Crippen LogP contribution in [0.1, 0.15) is 35.0 Å². The van der Waals surface area contributed by atoms with Gasteiger partial charge in [0.1, 0.15) is 10.7 Å². The standard InChI is InChI=1S/C22H25N5O3S3/c1-5-11-27-17(12-31-16-9-7-6-8-10-16)25-26-22(27)32-13-18(28)24-21-23-15(4)19(33-21)20(29)30-14(2)3/h5-10,14H,1,11-13H2,2-4H3,(H,23,24,28). The second kappa shape index (κ2) is 12.0. The Morgan fingerprint density at radius 2 is 2.00 bits per heavy atom. The molecular formula is C22H25N5O3S3. The number of benzene rings is 1. The molecule has 11 heteroatoms. The lowest BCUT2D eigenvalue weighted by Crippen LogP contribution is -2.14. The Kier molecular flexibility index (Phi) is 9.10. The highest BCUT2D eigenvalue weighted by molar-refractivity contribution is 7.99. The van der Waals surface area contributed by atoms with E-state index in [1.54, 1.807) is 38.6 Å². The van der Waals surface area contributed by atoms with Crippen LogP contribution in [0.3, 0.4) is 0 Å². The zero-order chi connectivity index (χ0) is 23.8. The highest BCUT2D eigenvalue weighted by Gasteiger charge is 2.19. The smallest absolute Gasteiger partial charge is 0.350 e. The Morgan fingerprint density at radius 1 is 1.24 bits per heavy atom.